The number of Topliss-reactive ketones (excluding diaryl/α,β-unsaturated/α-hetero) is 3. The molecule has 30 heavy (non-hydrogen) atoms. The number of carbonyl (C=O) groups excluding carboxylic acids is 3. The maximum Gasteiger partial charge on any atom is 0.222 e. The molecular weight excluding hydrogens is 400 g/mol. The second-order valence-corrected chi connectivity index (χ2v) is 8.58. The fourth-order valence-corrected chi connectivity index (χ4v) is 4.63. The molecule has 0 saturated heterocycles. The van der Waals surface area contributed by atoms with Gasteiger partial charge in [0.25, 0.3) is 0 Å². The first-order valence-corrected chi connectivity index (χ1v) is 10.6. The third-order valence-electron chi connectivity index (χ3n) is 6.11. The van der Waals surface area contributed by atoms with Crippen molar-refractivity contribution in [2.75, 3.05) is 0 Å². The molecule has 2 atom stereocenters. The maximum atomic E-state index is 13.4. The normalized spacial score (nSPS) is 21.6. The number of hydrogen-bond donors (Lipinski definition) is 0. The first kappa shape index (κ1) is 20.6. The zero-order chi connectivity index (χ0) is 21.4. The first-order valence-electron chi connectivity index (χ1n) is 10.3. The van der Waals surface area contributed by atoms with Crippen molar-refractivity contribution in [2.24, 2.45) is 5.92 Å². The summed E-state index contributed by atoms with van der Waals surface area (Å²) in [7, 11) is 0. The molecule has 0 spiro atoms. The standard InChI is InChI=1S/C24H23ClN2O3/c1-13-6-7-15-10-16(22-14(2)12-26-24(25)27-22)8-9-18(15)21(13)23(30)19-5-3-4-17(28)11-20(19)29/h5,8-10,12-13,21H,3-4,6-7,11H2,1-2H3. The summed E-state index contributed by atoms with van der Waals surface area (Å²) < 4.78 is 0. The van der Waals surface area contributed by atoms with E-state index in [1.165, 1.54) is 0 Å². The third kappa shape index (κ3) is 3.86. The summed E-state index contributed by atoms with van der Waals surface area (Å²) >= 11 is 5.99. The van der Waals surface area contributed by atoms with Crippen LogP contribution < -0.4 is 0 Å². The van der Waals surface area contributed by atoms with E-state index in [0.29, 0.717) is 12.8 Å². The predicted octanol–water partition coefficient (Wildman–Crippen LogP) is 4.59. The van der Waals surface area contributed by atoms with Gasteiger partial charge in [0.1, 0.15) is 5.78 Å². The number of halogens is 1. The minimum absolute atomic E-state index is 0.0975. The Hall–Kier alpha value is -2.66. The highest BCUT2D eigenvalue weighted by molar-refractivity contribution is 6.28. The van der Waals surface area contributed by atoms with Gasteiger partial charge >= 0.3 is 0 Å². The first-order chi connectivity index (χ1) is 14.3. The van der Waals surface area contributed by atoms with E-state index in [0.717, 1.165) is 40.8 Å². The lowest BCUT2D eigenvalue weighted by atomic mass is 9.71. The van der Waals surface area contributed by atoms with Crippen molar-refractivity contribution in [3.05, 3.63) is 58.0 Å². The van der Waals surface area contributed by atoms with Crippen LogP contribution >= 0.6 is 11.6 Å². The van der Waals surface area contributed by atoms with Crippen molar-refractivity contribution in [3.63, 3.8) is 0 Å². The summed E-state index contributed by atoms with van der Waals surface area (Å²) in [5.41, 5.74) is 4.90. The van der Waals surface area contributed by atoms with E-state index in [-0.39, 0.29) is 46.5 Å². The van der Waals surface area contributed by atoms with Crippen LogP contribution in [-0.4, -0.2) is 27.3 Å². The van der Waals surface area contributed by atoms with Gasteiger partial charge in [0.15, 0.2) is 11.6 Å². The minimum atomic E-state index is -0.374. The summed E-state index contributed by atoms with van der Waals surface area (Å²) in [5, 5.41) is 0.198. The van der Waals surface area contributed by atoms with E-state index in [1.54, 1.807) is 12.3 Å². The van der Waals surface area contributed by atoms with Crippen LogP contribution in [0, 0.1) is 12.8 Å². The molecule has 6 heteroatoms. The molecule has 0 aliphatic heterocycles. The molecule has 5 nitrogen and oxygen atoms in total. The smallest absolute Gasteiger partial charge is 0.222 e. The van der Waals surface area contributed by atoms with Crippen molar-refractivity contribution in [1.29, 1.82) is 0 Å². The highest BCUT2D eigenvalue weighted by Gasteiger charge is 2.36. The summed E-state index contributed by atoms with van der Waals surface area (Å²) in [6.07, 6.45) is 5.68. The molecule has 4 rings (SSSR count). The van der Waals surface area contributed by atoms with E-state index in [2.05, 4.69) is 23.0 Å². The number of carbonyl (C=O) groups is 3. The molecule has 1 aromatic carbocycles. The topological polar surface area (TPSA) is 77.0 Å². The number of benzene rings is 1. The molecule has 0 fully saturated rings. The maximum absolute atomic E-state index is 13.4. The molecule has 1 heterocycles. The van der Waals surface area contributed by atoms with Crippen molar-refractivity contribution in [3.8, 4) is 11.3 Å². The Morgan fingerprint density at radius 1 is 1.20 bits per heavy atom. The summed E-state index contributed by atoms with van der Waals surface area (Å²) in [6, 6.07) is 6.00. The Balaban J connectivity index is 1.72. The summed E-state index contributed by atoms with van der Waals surface area (Å²) in [5.74, 6) is -0.846. The fraction of sp³-hybridized carbons (Fsp3) is 0.375. The average molecular weight is 423 g/mol. The van der Waals surface area contributed by atoms with Crippen LogP contribution in [0.5, 0.6) is 0 Å². The molecule has 1 aromatic heterocycles. The zero-order valence-electron chi connectivity index (χ0n) is 17.1. The quantitative estimate of drug-likeness (QED) is 0.410. The van der Waals surface area contributed by atoms with Gasteiger partial charge in [-0.1, -0.05) is 25.1 Å². The van der Waals surface area contributed by atoms with E-state index in [4.69, 9.17) is 11.6 Å². The molecule has 2 unspecified atom stereocenters. The molecule has 2 aliphatic carbocycles. The number of allylic oxidation sites excluding steroid dienone is 2. The van der Waals surface area contributed by atoms with Gasteiger partial charge in [-0.25, -0.2) is 9.97 Å². The van der Waals surface area contributed by atoms with Crippen molar-refractivity contribution < 1.29 is 14.4 Å². The Morgan fingerprint density at radius 2 is 2.00 bits per heavy atom. The Labute approximate surface area is 180 Å². The van der Waals surface area contributed by atoms with Crippen LogP contribution in [0.3, 0.4) is 0 Å². The van der Waals surface area contributed by atoms with Crippen LogP contribution in [0.25, 0.3) is 11.3 Å². The molecule has 0 N–H and O–H groups in total. The minimum Gasteiger partial charge on any atom is -0.299 e. The molecule has 2 aromatic rings. The Kier molecular flexibility index (Phi) is 5.65. The van der Waals surface area contributed by atoms with Crippen molar-refractivity contribution >= 4 is 29.0 Å². The van der Waals surface area contributed by atoms with Crippen LogP contribution in [0.15, 0.2) is 36.0 Å². The number of aryl methyl sites for hydroxylation is 2. The summed E-state index contributed by atoms with van der Waals surface area (Å²) in [4.78, 5) is 46.0. The van der Waals surface area contributed by atoms with E-state index in [9.17, 15) is 14.4 Å². The molecule has 0 bridgehead atoms. The van der Waals surface area contributed by atoms with Gasteiger partial charge in [-0.3, -0.25) is 14.4 Å². The third-order valence-corrected chi connectivity index (χ3v) is 6.29. The number of ketones is 3. The lowest BCUT2D eigenvalue weighted by Crippen LogP contribution is -2.29. The zero-order valence-corrected chi connectivity index (χ0v) is 17.8. The van der Waals surface area contributed by atoms with Crippen LogP contribution in [-0.2, 0) is 20.8 Å². The van der Waals surface area contributed by atoms with E-state index in [1.807, 2.05) is 19.1 Å². The lowest BCUT2D eigenvalue weighted by molar-refractivity contribution is -0.126. The van der Waals surface area contributed by atoms with Gasteiger partial charge in [0, 0.05) is 18.2 Å². The lowest BCUT2D eigenvalue weighted by Gasteiger charge is -2.31. The van der Waals surface area contributed by atoms with Crippen LogP contribution in [0.2, 0.25) is 5.28 Å². The average Bonchev–Trinajstić information content (AvgIpc) is 2.88. The van der Waals surface area contributed by atoms with E-state index < -0.39 is 0 Å². The number of aromatic nitrogens is 2. The van der Waals surface area contributed by atoms with Crippen molar-refractivity contribution in [1.82, 2.24) is 9.97 Å². The monoisotopic (exact) mass is 422 g/mol. The highest BCUT2D eigenvalue weighted by atomic mass is 35.5. The SMILES string of the molecule is Cc1cnc(Cl)nc1-c1ccc2c(c1)CCC(C)C2C(=O)C1=CCCC(=O)CC1=O. The van der Waals surface area contributed by atoms with Gasteiger partial charge in [0.2, 0.25) is 5.28 Å². The molecular formula is C24H23ClN2O3. The molecule has 0 radical (unpaired) electrons. The van der Waals surface area contributed by atoms with Crippen molar-refractivity contribution in [2.45, 2.75) is 51.9 Å². The highest BCUT2D eigenvalue weighted by Crippen LogP contribution is 2.40. The molecule has 0 saturated carbocycles. The predicted molar refractivity (Wildman–Crippen MR) is 114 cm³/mol. The van der Waals surface area contributed by atoms with Crippen LogP contribution in [0.1, 0.15) is 55.2 Å². The Morgan fingerprint density at radius 3 is 2.80 bits per heavy atom. The number of rotatable bonds is 3. The van der Waals surface area contributed by atoms with Crippen LogP contribution in [0.4, 0.5) is 0 Å². The Bertz CT molecular complexity index is 1090. The summed E-state index contributed by atoms with van der Waals surface area (Å²) in [6.45, 7) is 3.99. The number of nitrogens with zero attached hydrogens (tertiary/aromatic N) is 2. The molecule has 0 amide bonds. The molecule has 2 aliphatic rings. The largest absolute Gasteiger partial charge is 0.299 e. The van der Waals surface area contributed by atoms with Gasteiger partial charge in [-0.2, -0.15) is 0 Å². The second-order valence-electron chi connectivity index (χ2n) is 8.24. The van der Waals surface area contributed by atoms with Gasteiger partial charge < -0.3 is 0 Å². The number of hydrogen-bond acceptors (Lipinski definition) is 5. The fourth-order valence-electron chi connectivity index (χ4n) is 4.50. The van der Waals surface area contributed by atoms with Gasteiger partial charge in [0.05, 0.1) is 23.6 Å². The van der Waals surface area contributed by atoms with Gasteiger partial charge in [-0.05, 0) is 66.5 Å². The number of fused-ring (bicyclic) bond motifs is 1. The van der Waals surface area contributed by atoms with Gasteiger partial charge in [-0.15, -0.1) is 0 Å². The second kappa shape index (κ2) is 8.23. The molecule has 154 valence electrons. The van der Waals surface area contributed by atoms with E-state index >= 15 is 0 Å².